The zero-order valence-corrected chi connectivity index (χ0v) is 11.1. The maximum absolute atomic E-state index is 13.3. The fourth-order valence-corrected chi connectivity index (χ4v) is 1.86. The molecule has 0 saturated carbocycles. The summed E-state index contributed by atoms with van der Waals surface area (Å²) in [7, 11) is 0. The number of hydrogen-bond donors (Lipinski definition) is 0. The van der Waals surface area contributed by atoms with Gasteiger partial charge in [0.2, 0.25) is 0 Å². The third-order valence-electron chi connectivity index (χ3n) is 3.01. The van der Waals surface area contributed by atoms with Gasteiger partial charge >= 0.3 is 0 Å². The van der Waals surface area contributed by atoms with Crippen molar-refractivity contribution in [3.63, 3.8) is 0 Å². The summed E-state index contributed by atoms with van der Waals surface area (Å²) in [5.41, 5.74) is 1.43. The fraction of sp³-hybridized carbons (Fsp3) is 0.250. The Morgan fingerprint density at radius 2 is 1.65 bits per heavy atom. The number of aryl methyl sites for hydroxylation is 2. The van der Waals surface area contributed by atoms with Crippen LogP contribution in [0.4, 0.5) is 13.2 Å². The van der Waals surface area contributed by atoms with E-state index in [1.807, 2.05) is 6.07 Å². The van der Waals surface area contributed by atoms with E-state index in [0.717, 1.165) is 17.7 Å². The molecule has 0 aliphatic carbocycles. The van der Waals surface area contributed by atoms with Crippen LogP contribution in [0.25, 0.3) is 0 Å². The lowest BCUT2D eigenvalue weighted by atomic mass is 10.1. The molecule has 0 unspecified atom stereocenters. The molecule has 0 saturated heterocycles. The average molecular weight is 280 g/mol. The minimum atomic E-state index is -0.716. The van der Waals surface area contributed by atoms with Crippen LogP contribution in [0.5, 0.6) is 5.75 Å². The highest BCUT2D eigenvalue weighted by atomic mass is 19.1. The van der Waals surface area contributed by atoms with Gasteiger partial charge in [0.25, 0.3) is 0 Å². The molecule has 2 aromatic carbocycles. The van der Waals surface area contributed by atoms with E-state index in [1.54, 1.807) is 13.0 Å². The van der Waals surface area contributed by atoms with Crippen LogP contribution in [0, 0.1) is 24.4 Å². The normalized spacial score (nSPS) is 10.6. The summed E-state index contributed by atoms with van der Waals surface area (Å²) in [4.78, 5) is 0. The minimum absolute atomic E-state index is 0.174. The summed E-state index contributed by atoms with van der Waals surface area (Å²) in [6.45, 7) is 1.87. The molecular formula is C16H15F3O. The maximum atomic E-state index is 13.3. The Balaban J connectivity index is 1.86. The van der Waals surface area contributed by atoms with E-state index in [2.05, 4.69) is 0 Å². The lowest BCUT2D eigenvalue weighted by Crippen LogP contribution is -2.03. The maximum Gasteiger partial charge on any atom is 0.190 e. The topological polar surface area (TPSA) is 9.23 Å². The summed E-state index contributed by atoms with van der Waals surface area (Å²) < 4.78 is 45.0. The summed E-state index contributed by atoms with van der Waals surface area (Å²) in [5.74, 6) is -2.04. The van der Waals surface area contributed by atoms with Crippen LogP contribution in [0.15, 0.2) is 36.4 Å². The number of hydrogen-bond acceptors (Lipinski definition) is 1. The van der Waals surface area contributed by atoms with Crippen molar-refractivity contribution in [3.8, 4) is 5.75 Å². The Hall–Kier alpha value is -1.97. The highest BCUT2D eigenvalue weighted by Gasteiger charge is 2.09. The monoisotopic (exact) mass is 280 g/mol. The average Bonchev–Trinajstić information content (AvgIpc) is 2.41. The van der Waals surface area contributed by atoms with Crippen LogP contribution >= 0.6 is 0 Å². The first-order chi connectivity index (χ1) is 9.58. The van der Waals surface area contributed by atoms with E-state index in [-0.39, 0.29) is 18.2 Å². The van der Waals surface area contributed by atoms with Gasteiger partial charge in [-0.05, 0) is 49.1 Å². The van der Waals surface area contributed by atoms with Crippen LogP contribution < -0.4 is 4.74 Å². The zero-order valence-electron chi connectivity index (χ0n) is 11.1. The van der Waals surface area contributed by atoms with Crippen LogP contribution in [0.1, 0.15) is 17.5 Å². The van der Waals surface area contributed by atoms with E-state index in [9.17, 15) is 13.2 Å². The molecule has 0 fully saturated rings. The Labute approximate surface area is 116 Å². The third kappa shape index (κ3) is 3.53. The molecular weight excluding hydrogens is 265 g/mol. The number of benzene rings is 2. The molecule has 0 amide bonds. The van der Waals surface area contributed by atoms with Crippen molar-refractivity contribution in [2.24, 2.45) is 0 Å². The van der Waals surface area contributed by atoms with Crippen LogP contribution in [-0.2, 0) is 6.42 Å². The largest absolute Gasteiger partial charge is 0.488 e. The fourth-order valence-electron chi connectivity index (χ4n) is 1.86. The lowest BCUT2D eigenvalue weighted by molar-refractivity contribution is 0.280. The smallest absolute Gasteiger partial charge is 0.190 e. The summed E-state index contributed by atoms with van der Waals surface area (Å²) >= 11 is 0. The van der Waals surface area contributed by atoms with Crippen LogP contribution in [0.2, 0.25) is 0 Å². The molecule has 1 nitrogen and oxygen atoms in total. The first-order valence-electron chi connectivity index (χ1n) is 6.40. The predicted octanol–water partition coefficient (Wildman–Crippen LogP) is 4.42. The molecule has 0 radical (unpaired) electrons. The van der Waals surface area contributed by atoms with Crippen molar-refractivity contribution in [3.05, 3.63) is 65.0 Å². The van der Waals surface area contributed by atoms with Crippen molar-refractivity contribution >= 4 is 0 Å². The van der Waals surface area contributed by atoms with Crippen LogP contribution in [0.3, 0.4) is 0 Å². The van der Waals surface area contributed by atoms with Gasteiger partial charge in [-0.25, -0.2) is 13.2 Å². The summed E-state index contributed by atoms with van der Waals surface area (Å²) in [6.07, 6.45) is 1.14. The van der Waals surface area contributed by atoms with Crippen molar-refractivity contribution in [1.29, 1.82) is 0 Å². The lowest BCUT2D eigenvalue weighted by Gasteiger charge is -2.08. The second-order valence-corrected chi connectivity index (χ2v) is 4.59. The zero-order chi connectivity index (χ0) is 14.5. The Morgan fingerprint density at radius 3 is 2.30 bits per heavy atom. The van der Waals surface area contributed by atoms with Gasteiger partial charge in [-0.3, -0.25) is 0 Å². The van der Waals surface area contributed by atoms with Crippen molar-refractivity contribution < 1.29 is 17.9 Å². The molecule has 0 aliphatic heterocycles. The van der Waals surface area contributed by atoms with Gasteiger partial charge in [0.05, 0.1) is 6.61 Å². The molecule has 0 aliphatic rings. The predicted molar refractivity (Wildman–Crippen MR) is 71.3 cm³/mol. The first-order valence-corrected chi connectivity index (χ1v) is 6.40. The highest BCUT2D eigenvalue weighted by Crippen LogP contribution is 2.21. The standard InChI is InChI=1S/C16H15F3O/c1-11-7-8-12(10-15(11)19)4-3-9-20-16-13(17)5-2-6-14(16)18/h2,5-8,10H,3-4,9H2,1H3. The van der Waals surface area contributed by atoms with Crippen molar-refractivity contribution in [1.82, 2.24) is 0 Å². The highest BCUT2D eigenvalue weighted by molar-refractivity contribution is 5.26. The SMILES string of the molecule is Cc1ccc(CCCOc2c(F)cccc2F)cc1F. The van der Waals surface area contributed by atoms with Gasteiger partial charge in [-0.2, -0.15) is 0 Å². The number of ether oxygens (including phenoxy) is 1. The minimum Gasteiger partial charge on any atom is -0.488 e. The van der Waals surface area contributed by atoms with Gasteiger partial charge in [-0.1, -0.05) is 18.2 Å². The van der Waals surface area contributed by atoms with E-state index in [0.29, 0.717) is 18.4 Å². The molecule has 0 heterocycles. The number of para-hydroxylation sites is 1. The second-order valence-electron chi connectivity index (χ2n) is 4.59. The Morgan fingerprint density at radius 1 is 0.950 bits per heavy atom. The molecule has 2 aromatic rings. The second kappa shape index (κ2) is 6.46. The number of rotatable bonds is 5. The quantitative estimate of drug-likeness (QED) is 0.736. The summed E-state index contributed by atoms with van der Waals surface area (Å²) in [6, 6.07) is 8.59. The molecule has 20 heavy (non-hydrogen) atoms. The van der Waals surface area contributed by atoms with Crippen molar-refractivity contribution in [2.75, 3.05) is 6.61 Å². The van der Waals surface area contributed by atoms with Gasteiger partial charge in [-0.15, -0.1) is 0 Å². The van der Waals surface area contributed by atoms with Gasteiger partial charge < -0.3 is 4.74 Å². The first kappa shape index (κ1) is 14.4. The molecule has 2 rings (SSSR count). The molecule has 0 N–H and O–H groups in total. The van der Waals surface area contributed by atoms with Gasteiger partial charge in [0.15, 0.2) is 17.4 Å². The molecule has 106 valence electrons. The molecule has 0 aromatic heterocycles. The number of halogens is 3. The van der Waals surface area contributed by atoms with E-state index in [1.165, 1.54) is 12.1 Å². The third-order valence-corrected chi connectivity index (χ3v) is 3.01. The van der Waals surface area contributed by atoms with Crippen molar-refractivity contribution in [2.45, 2.75) is 19.8 Å². The summed E-state index contributed by atoms with van der Waals surface area (Å²) in [5, 5.41) is 0. The Kier molecular flexibility index (Phi) is 4.66. The van der Waals surface area contributed by atoms with Gasteiger partial charge in [0.1, 0.15) is 5.82 Å². The molecule has 4 heteroatoms. The Bertz CT molecular complexity index is 576. The molecule has 0 atom stereocenters. The van der Waals surface area contributed by atoms with E-state index < -0.39 is 11.6 Å². The molecule has 0 spiro atoms. The van der Waals surface area contributed by atoms with E-state index >= 15 is 0 Å². The van der Waals surface area contributed by atoms with Crippen LogP contribution in [-0.4, -0.2) is 6.61 Å². The molecule has 0 bridgehead atoms. The van der Waals surface area contributed by atoms with E-state index in [4.69, 9.17) is 4.74 Å². The van der Waals surface area contributed by atoms with Gasteiger partial charge in [0, 0.05) is 0 Å².